The highest BCUT2D eigenvalue weighted by molar-refractivity contribution is 7.17. The highest BCUT2D eigenvalue weighted by atomic mass is 32.1. The van der Waals surface area contributed by atoms with Gasteiger partial charge in [-0.1, -0.05) is 0 Å². The van der Waals surface area contributed by atoms with Gasteiger partial charge >= 0.3 is 5.97 Å². The summed E-state index contributed by atoms with van der Waals surface area (Å²) in [7, 11) is 2.87. The van der Waals surface area contributed by atoms with Crippen LogP contribution >= 0.6 is 11.3 Å². The molecule has 0 saturated heterocycles. The molecule has 20 heavy (non-hydrogen) atoms. The molecule has 0 saturated carbocycles. The largest absolute Gasteiger partial charge is 0.492 e. The van der Waals surface area contributed by atoms with Crippen LogP contribution in [-0.4, -0.2) is 36.8 Å². The average molecular weight is 294 g/mol. The van der Waals surface area contributed by atoms with Gasteiger partial charge in [0.05, 0.1) is 25.7 Å². The van der Waals surface area contributed by atoms with Crippen LogP contribution < -0.4 is 9.47 Å². The Morgan fingerprint density at radius 1 is 1.40 bits per heavy atom. The van der Waals surface area contributed by atoms with Crippen LogP contribution in [0.3, 0.4) is 0 Å². The maximum atomic E-state index is 11.7. The minimum atomic E-state index is -0.437. The summed E-state index contributed by atoms with van der Waals surface area (Å²) < 4.78 is 15.2. The summed E-state index contributed by atoms with van der Waals surface area (Å²) in [5, 5.41) is 0. The fourth-order valence-electron chi connectivity index (χ4n) is 1.56. The molecule has 7 heteroatoms. The number of carbonyl (C=O) groups is 1. The molecular weight excluding hydrogens is 280 g/mol. The van der Waals surface area contributed by atoms with Crippen molar-refractivity contribution in [3.8, 4) is 22.3 Å². The van der Waals surface area contributed by atoms with Crippen LogP contribution in [0.5, 0.6) is 11.6 Å². The molecule has 0 spiro atoms. The molecule has 2 aromatic rings. The number of esters is 1. The fourth-order valence-corrected chi connectivity index (χ4v) is 2.52. The number of thiophene rings is 1. The van der Waals surface area contributed by atoms with Crippen molar-refractivity contribution in [2.45, 2.75) is 6.92 Å². The van der Waals surface area contributed by atoms with Gasteiger partial charge in [-0.25, -0.2) is 9.78 Å². The molecule has 0 atom stereocenters. The molecule has 0 aliphatic rings. The van der Waals surface area contributed by atoms with Crippen LogP contribution in [-0.2, 0) is 4.74 Å². The van der Waals surface area contributed by atoms with Gasteiger partial charge in [0, 0.05) is 18.3 Å². The minimum absolute atomic E-state index is 0.399. The summed E-state index contributed by atoms with van der Waals surface area (Å²) in [5.41, 5.74) is 0. The SMILES string of the molecule is CCOc1cc(-c2nccc(OC)n2)sc1C(=O)OC. The molecule has 0 aliphatic carbocycles. The van der Waals surface area contributed by atoms with E-state index in [4.69, 9.17) is 14.2 Å². The van der Waals surface area contributed by atoms with Gasteiger partial charge in [0.25, 0.3) is 0 Å². The Morgan fingerprint density at radius 2 is 2.20 bits per heavy atom. The van der Waals surface area contributed by atoms with Crippen molar-refractivity contribution in [1.82, 2.24) is 9.97 Å². The Kier molecular flexibility index (Phi) is 4.52. The monoisotopic (exact) mass is 294 g/mol. The zero-order valence-corrected chi connectivity index (χ0v) is 12.2. The zero-order chi connectivity index (χ0) is 14.5. The Bertz CT molecular complexity index is 612. The molecule has 0 fully saturated rings. The molecule has 0 aliphatic heterocycles. The lowest BCUT2D eigenvalue weighted by Crippen LogP contribution is -2.01. The predicted molar refractivity (Wildman–Crippen MR) is 74.4 cm³/mol. The summed E-state index contributed by atoms with van der Waals surface area (Å²) in [4.78, 5) is 21.2. The molecule has 2 rings (SSSR count). The van der Waals surface area contributed by atoms with Crippen LogP contribution in [0.2, 0.25) is 0 Å². The molecule has 0 radical (unpaired) electrons. The van der Waals surface area contributed by atoms with Gasteiger partial charge in [0.1, 0.15) is 5.75 Å². The molecule has 0 N–H and O–H groups in total. The van der Waals surface area contributed by atoms with E-state index in [1.54, 1.807) is 18.3 Å². The summed E-state index contributed by atoms with van der Waals surface area (Å²) in [6.07, 6.45) is 1.60. The molecule has 2 heterocycles. The zero-order valence-electron chi connectivity index (χ0n) is 11.4. The lowest BCUT2D eigenvalue weighted by atomic mass is 10.3. The van der Waals surface area contributed by atoms with E-state index in [9.17, 15) is 4.79 Å². The van der Waals surface area contributed by atoms with Crippen LogP contribution in [0, 0.1) is 0 Å². The molecular formula is C13H14N2O4S. The van der Waals surface area contributed by atoms with Gasteiger partial charge in [0.15, 0.2) is 10.7 Å². The standard InChI is InChI=1S/C13H14N2O4S/c1-4-19-8-7-9(20-11(8)13(16)18-3)12-14-6-5-10(15-12)17-2/h5-7H,4H2,1-3H3. The molecule has 0 aromatic carbocycles. The van der Waals surface area contributed by atoms with E-state index in [1.165, 1.54) is 25.6 Å². The highest BCUT2D eigenvalue weighted by Gasteiger charge is 2.20. The van der Waals surface area contributed by atoms with E-state index >= 15 is 0 Å². The van der Waals surface area contributed by atoms with Gasteiger partial charge in [-0.05, 0) is 6.92 Å². The first-order valence-corrected chi connectivity index (χ1v) is 6.73. The maximum absolute atomic E-state index is 11.7. The third-order valence-electron chi connectivity index (χ3n) is 2.43. The van der Waals surface area contributed by atoms with Crippen LogP contribution in [0.4, 0.5) is 0 Å². The fraction of sp³-hybridized carbons (Fsp3) is 0.308. The summed E-state index contributed by atoms with van der Waals surface area (Å²) in [6.45, 7) is 2.31. The van der Waals surface area contributed by atoms with Gasteiger partial charge in [-0.15, -0.1) is 11.3 Å². The van der Waals surface area contributed by atoms with Crippen molar-refractivity contribution in [3.05, 3.63) is 23.2 Å². The second-order valence-electron chi connectivity index (χ2n) is 3.65. The average Bonchev–Trinajstić information content (AvgIpc) is 2.91. The third-order valence-corrected chi connectivity index (χ3v) is 3.52. The minimum Gasteiger partial charge on any atom is -0.492 e. The smallest absolute Gasteiger partial charge is 0.351 e. The Morgan fingerprint density at radius 3 is 2.85 bits per heavy atom. The lowest BCUT2D eigenvalue weighted by molar-refractivity contribution is 0.0602. The Hall–Kier alpha value is -2.15. The first-order chi connectivity index (χ1) is 9.69. The topological polar surface area (TPSA) is 70.5 Å². The first kappa shape index (κ1) is 14.3. The Balaban J connectivity index is 2.43. The molecule has 0 unspecified atom stereocenters. The summed E-state index contributed by atoms with van der Waals surface area (Å²) in [6, 6.07) is 3.39. The second-order valence-corrected chi connectivity index (χ2v) is 4.70. The lowest BCUT2D eigenvalue weighted by Gasteiger charge is -2.01. The van der Waals surface area contributed by atoms with Crippen molar-refractivity contribution in [1.29, 1.82) is 0 Å². The number of rotatable bonds is 5. The molecule has 6 nitrogen and oxygen atoms in total. The predicted octanol–water partition coefficient (Wildman–Crippen LogP) is 2.40. The van der Waals surface area contributed by atoms with Crippen molar-refractivity contribution >= 4 is 17.3 Å². The van der Waals surface area contributed by atoms with Crippen molar-refractivity contribution in [3.63, 3.8) is 0 Å². The quantitative estimate of drug-likeness (QED) is 0.789. The van der Waals surface area contributed by atoms with E-state index in [0.29, 0.717) is 33.8 Å². The number of nitrogens with zero attached hydrogens (tertiary/aromatic N) is 2. The molecule has 0 amide bonds. The number of methoxy groups -OCH3 is 2. The first-order valence-electron chi connectivity index (χ1n) is 5.92. The van der Waals surface area contributed by atoms with Crippen LogP contribution in [0.15, 0.2) is 18.3 Å². The highest BCUT2D eigenvalue weighted by Crippen LogP contribution is 2.35. The second kappa shape index (κ2) is 6.33. The number of ether oxygens (including phenoxy) is 3. The number of carbonyl (C=O) groups excluding carboxylic acids is 1. The van der Waals surface area contributed by atoms with Gasteiger partial charge < -0.3 is 14.2 Å². The van der Waals surface area contributed by atoms with E-state index in [0.717, 1.165) is 0 Å². The molecule has 0 bridgehead atoms. The summed E-state index contributed by atoms with van der Waals surface area (Å²) in [5.74, 6) is 0.977. The number of hydrogen-bond acceptors (Lipinski definition) is 7. The van der Waals surface area contributed by atoms with Crippen molar-refractivity contribution < 1.29 is 19.0 Å². The van der Waals surface area contributed by atoms with Crippen molar-refractivity contribution in [2.24, 2.45) is 0 Å². The van der Waals surface area contributed by atoms with Crippen LogP contribution in [0.25, 0.3) is 10.7 Å². The number of aromatic nitrogens is 2. The van der Waals surface area contributed by atoms with Gasteiger partial charge in [0.2, 0.25) is 5.88 Å². The van der Waals surface area contributed by atoms with Gasteiger partial charge in [-0.3, -0.25) is 0 Å². The van der Waals surface area contributed by atoms with Gasteiger partial charge in [-0.2, -0.15) is 4.98 Å². The summed E-state index contributed by atoms with van der Waals surface area (Å²) >= 11 is 1.22. The van der Waals surface area contributed by atoms with E-state index in [-0.39, 0.29) is 0 Å². The van der Waals surface area contributed by atoms with E-state index in [1.807, 2.05) is 6.92 Å². The Labute approximate surface area is 120 Å². The van der Waals surface area contributed by atoms with E-state index in [2.05, 4.69) is 9.97 Å². The molecule has 106 valence electrons. The normalized spacial score (nSPS) is 10.2. The number of hydrogen-bond donors (Lipinski definition) is 0. The van der Waals surface area contributed by atoms with E-state index < -0.39 is 5.97 Å². The van der Waals surface area contributed by atoms with Crippen LogP contribution in [0.1, 0.15) is 16.6 Å². The third kappa shape index (κ3) is 2.88. The molecule has 2 aromatic heterocycles. The maximum Gasteiger partial charge on any atom is 0.351 e. The van der Waals surface area contributed by atoms with Crippen molar-refractivity contribution in [2.75, 3.05) is 20.8 Å².